The Morgan fingerprint density at radius 2 is 1.88 bits per heavy atom. The summed E-state index contributed by atoms with van der Waals surface area (Å²) in [5.74, 6) is -0.258. The van der Waals surface area contributed by atoms with Crippen molar-refractivity contribution in [3.8, 4) is 5.69 Å². The highest BCUT2D eigenvalue weighted by Crippen LogP contribution is 2.43. The molecule has 5 rings (SSSR count). The molecule has 0 bridgehead atoms. The third-order valence-corrected chi connectivity index (χ3v) is 6.62. The Hall–Kier alpha value is -2.93. The van der Waals surface area contributed by atoms with Crippen LogP contribution >= 0.6 is 35.4 Å². The zero-order chi connectivity index (χ0) is 23.1. The highest BCUT2D eigenvalue weighted by Gasteiger charge is 2.42. The second kappa shape index (κ2) is 8.78. The van der Waals surface area contributed by atoms with Gasteiger partial charge in [0.25, 0.3) is 0 Å². The summed E-state index contributed by atoms with van der Waals surface area (Å²) in [4.78, 5) is 6.60. The van der Waals surface area contributed by atoms with Crippen LogP contribution in [0.3, 0.4) is 0 Å². The molecule has 0 spiro atoms. The standard InChI is InChI=1S/C25H19Cl2FN4S/c1-15-13-17(8-9-19(15)28)32-24(23(30-25(32)33)20-5-2-3-11-29-20)22-6-4-12-31(22)21-10-7-16(26)14-18(21)27/h2-14,23-24H,1H3,(H,30,33)/t23-,24-/m1/s1. The number of hydrogen-bond acceptors (Lipinski definition) is 2. The number of aromatic nitrogens is 2. The Labute approximate surface area is 206 Å². The predicted molar refractivity (Wildman–Crippen MR) is 135 cm³/mol. The molecule has 0 saturated carbocycles. The minimum atomic E-state index is -0.265. The Morgan fingerprint density at radius 1 is 1.03 bits per heavy atom. The fraction of sp³-hybridized carbons (Fsp3) is 0.120. The smallest absolute Gasteiger partial charge is 0.174 e. The lowest BCUT2D eigenvalue weighted by Gasteiger charge is -2.29. The summed E-state index contributed by atoms with van der Waals surface area (Å²) in [6.07, 6.45) is 3.71. The van der Waals surface area contributed by atoms with Gasteiger partial charge in [0, 0.05) is 28.8 Å². The summed E-state index contributed by atoms with van der Waals surface area (Å²) in [7, 11) is 0. The molecule has 3 heterocycles. The Kier molecular flexibility index (Phi) is 5.83. The molecule has 0 amide bonds. The van der Waals surface area contributed by atoms with Crippen LogP contribution in [0, 0.1) is 12.7 Å². The van der Waals surface area contributed by atoms with Crippen molar-refractivity contribution in [2.24, 2.45) is 0 Å². The Balaban J connectivity index is 1.69. The van der Waals surface area contributed by atoms with Crippen molar-refractivity contribution in [1.29, 1.82) is 0 Å². The lowest BCUT2D eigenvalue weighted by Crippen LogP contribution is -2.30. The van der Waals surface area contributed by atoms with Gasteiger partial charge in [-0.05, 0) is 85.4 Å². The van der Waals surface area contributed by atoms with Crippen LogP contribution in [-0.4, -0.2) is 14.7 Å². The van der Waals surface area contributed by atoms with Crippen molar-refractivity contribution in [2.75, 3.05) is 4.90 Å². The molecule has 1 aliphatic heterocycles. The van der Waals surface area contributed by atoms with E-state index in [0.29, 0.717) is 20.7 Å². The quantitative estimate of drug-likeness (QED) is 0.314. The van der Waals surface area contributed by atoms with Gasteiger partial charge in [0.05, 0.1) is 22.4 Å². The number of rotatable bonds is 4. The summed E-state index contributed by atoms with van der Waals surface area (Å²) < 4.78 is 16.1. The number of benzene rings is 2. The van der Waals surface area contributed by atoms with Gasteiger partial charge in [-0.2, -0.15) is 0 Å². The molecule has 33 heavy (non-hydrogen) atoms. The molecule has 4 aromatic rings. The van der Waals surface area contributed by atoms with E-state index in [9.17, 15) is 4.39 Å². The second-order valence-corrected chi connectivity index (χ2v) is 9.06. The topological polar surface area (TPSA) is 33.1 Å². The maximum absolute atomic E-state index is 14.1. The lowest BCUT2D eigenvalue weighted by atomic mass is 10.0. The van der Waals surface area contributed by atoms with Crippen LogP contribution in [0.1, 0.15) is 29.0 Å². The van der Waals surface area contributed by atoms with Gasteiger partial charge in [-0.25, -0.2) is 4.39 Å². The van der Waals surface area contributed by atoms with Gasteiger partial charge in [0.15, 0.2) is 5.11 Å². The Bertz CT molecular complexity index is 1340. The molecule has 4 nitrogen and oxygen atoms in total. The Morgan fingerprint density at radius 3 is 2.61 bits per heavy atom. The fourth-order valence-electron chi connectivity index (χ4n) is 4.24. The first kappa shape index (κ1) is 21.9. The second-order valence-electron chi connectivity index (χ2n) is 7.83. The summed E-state index contributed by atoms with van der Waals surface area (Å²) in [5.41, 5.74) is 3.94. The van der Waals surface area contributed by atoms with Crippen LogP contribution in [0.25, 0.3) is 5.69 Å². The van der Waals surface area contributed by atoms with E-state index < -0.39 is 0 Å². The molecule has 0 unspecified atom stereocenters. The first-order valence-electron chi connectivity index (χ1n) is 10.3. The highest BCUT2D eigenvalue weighted by molar-refractivity contribution is 7.80. The third kappa shape index (κ3) is 3.99. The average molecular weight is 497 g/mol. The monoisotopic (exact) mass is 496 g/mol. The highest BCUT2D eigenvalue weighted by atomic mass is 35.5. The van der Waals surface area contributed by atoms with Crippen LogP contribution in [0.4, 0.5) is 10.1 Å². The van der Waals surface area contributed by atoms with Crippen molar-refractivity contribution >= 4 is 46.2 Å². The van der Waals surface area contributed by atoms with Gasteiger partial charge in [0.1, 0.15) is 11.9 Å². The maximum atomic E-state index is 14.1. The number of nitrogens with one attached hydrogen (secondary N) is 1. The average Bonchev–Trinajstić information content (AvgIpc) is 3.40. The van der Waals surface area contributed by atoms with E-state index >= 15 is 0 Å². The number of halogens is 3. The largest absolute Gasteiger partial charge is 0.351 e. The first-order chi connectivity index (χ1) is 15.9. The van der Waals surface area contributed by atoms with E-state index in [0.717, 1.165) is 22.8 Å². The molecule has 1 N–H and O–H groups in total. The molecule has 1 aliphatic rings. The van der Waals surface area contributed by atoms with E-state index in [1.807, 2.05) is 52.1 Å². The molecular formula is C25H19Cl2FN4S. The number of nitrogens with zero attached hydrogens (tertiary/aromatic N) is 3. The molecule has 0 radical (unpaired) electrons. The van der Waals surface area contributed by atoms with Crippen LogP contribution in [-0.2, 0) is 0 Å². The number of hydrogen-bond donors (Lipinski definition) is 1. The van der Waals surface area contributed by atoms with E-state index in [1.54, 1.807) is 37.4 Å². The molecule has 2 aromatic carbocycles. The van der Waals surface area contributed by atoms with Crippen molar-refractivity contribution in [3.05, 3.63) is 112 Å². The number of aryl methyl sites for hydroxylation is 1. The van der Waals surface area contributed by atoms with E-state index in [-0.39, 0.29) is 17.9 Å². The minimum absolute atomic E-state index is 0.233. The van der Waals surface area contributed by atoms with Gasteiger partial charge >= 0.3 is 0 Å². The van der Waals surface area contributed by atoms with E-state index in [1.165, 1.54) is 6.07 Å². The van der Waals surface area contributed by atoms with E-state index in [2.05, 4.69) is 10.3 Å². The fourth-order valence-corrected chi connectivity index (χ4v) is 5.09. The van der Waals surface area contributed by atoms with Crippen LogP contribution < -0.4 is 10.2 Å². The number of thiocarbonyl (C=S) groups is 1. The molecule has 0 aliphatic carbocycles. The SMILES string of the molecule is Cc1cc(N2C(=S)N[C@H](c3ccccn3)[C@H]2c2cccn2-c2ccc(Cl)cc2Cl)ccc1F. The lowest BCUT2D eigenvalue weighted by molar-refractivity contribution is 0.549. The van der Waals surface area contributed by atoms with Crippen LogP contribution in [0.2, 0.25) is 10.0 Å². The molecule has 2 atom stereocenters. The summed E-state index contributed by atoms with van der Waals surface area (Å²) >= 11 is 18.5. The molecule has 2 aromatic heterocycles. The summed E-state index contributed by atoms with van der Waals surface area (Å²) in [6, 6.07) is 19.7. The van der Waals surface area contributed by atoms with Gasteiger partial charge < -0.3 is 14.8 Å². The molecule has 1 saturated heterocycles. The number of pyridine rings is 1. The van der Waals surface area contributed by atoms with Crippen LogP contribution in [0.5, 0.6) is 0 Å². The normalized spacial score (nSPS) is 17.9. The first-order valence-corrected chi connectivity index (χ1v) is 11.5. The third-order valence-electron chi connectivity index (χ3n) is 5.77. The van der Waals surface area contributed by atoms with Gasteiger partial charge in [-0.15, -0.1) is 0 Å². The van der Waals surface area contributed by atoms with Crippen molar-refractivity contribution < 1.29 is 4.39 Å². The maximum Gasteiger partial charge on any atom is 0.174 e. The van der Waals surface area contributed by atoms with Crippen LogP contribution in [0.15, 0.2) is 79.1 Å². The predicted octanol–water partition coefficient (Wildman–Crippen LogP) is 6.80. The molecular weight excluding hydrogens is 478 g/mol. The zero-order valence-electron chi connectivity index (χ0n) is 17.5. The number of anilines is 1. The zero-order valence-corrected chi connectivity index (χ0v) is 19.9. The van der Waals surface area contributed by atoms with Crippen molar-refractivity contribution in [3.63, 3.8) is 0 Å². The van der Waals surface area contributed by atoms with Crippen molar-refractivity contribution in [1.82, 2.24) is 14.9 Å². The molecule has 8 heteroatoms. The van der Waals surface area contributed by atoms with Gasteiger partial charge in [-0.1, -0.05) is 29.3 Å². The summed E-state index contributed by atoms with van der Waals surface area (Å²) in [6.45, 7) is 1.74. The minimum Gasteiger partial charge on any atom is -0.351 e. The molecule has 1 fully saturated rings. The van der Waals surface area contributed by atoms with Gasteiger partial charge in [-0.3, -0.25) is 4.98 Å². The molecule has 166 valence electrons. The summed E-state index contributed by atoms with van der Waals surface area (Å²) in [5, 5.41) is 5.07. The van der Waals surface area contributed by atoms with Gasteiger partial charge in [0.2, 0.25) is 0 Å². The van der Waals surface area contributed by atoms with Crippen molar-refractivity contribution in [2.45, 2.75) is 19.0 Å². The van der Waals surface area contributed by atoms with E-state index in [4.69, 9.17) is 35.4 Å².